The van der Waals surface area contributed by atoms with E-state index in [-0.39, 0.29) is 6.09 Å². The molecule has 0 bridgehead atoms. The van der Waals surface area contributed by atoms with Crippen LogP contribution < -0.4 is 0 Å². The number of piperidine rings is 1. The van der Waals surface area contributed by atoms with Crippen molar-refractivity contribution in [3.8, 4) is 0 Å². The SMILES string of the molecule is O=C(OCc1ccccc1)N1CCCCC1CCN1CCc2ccccc2C1. The quantitative estimate of drug-likeness (QED) is 0.761. The highest BCUT2D eigenvalue weighted by molar-refractivity contribution is 5.68. The molecule has 148 valence electrons. The highest BCUT2D eigenvalue weighted by Gasteiger charge is 2.28. The molecule has 2 aliphatic heterocycles. The summed E-state index contributed by atoms with van der Waals surface area (Å²) < 4.78 is 5.61. The van der Waals surface area contributed by atoms with E-state index in [0.717, 1.165) is 57.4 Å². The van der Waals surface area contributed by atoms with Gasteiger partial charge in [0.15, 0.2) is 0 Å². The Hall–Kier alpha value is -2.33. The van der Waals surface area contributed by atoms with Gasteiger partial charge in [-0.15, -0.1) is 0 Å². The average Bonchev–Trinajstić information content (AvgIpc) is 2.77. The molecule has 4 nitrogen and oxygen atoms in total. The van der Waals surface area contributed by atoms with Gasteiger partial charge in [0.2, 0.25) is 0 Å². The second-order valence-electron chi connectivity index (χ2n) is 7.97. The molecule has 0 N–H and O–H groups in total. The number of amides is 1. The number of ether oxygens (including phenoxy) is 1. The van der Waals surface area contributed by atoms with E-state index in [1.165, 1.54) is 17.5 Å². The van der Waals surface area contributed by atoms with Crippen molar-refractivity contribution < 1.29 is 9.53 Å². The predicted octanol–water partition coefficient (Wildman–Crippen LogP) is 4.63. The third kappa shape index (κ3) is 4.74. The first-order valence-electron chi connectivity index (χ1n) is 10.6. The maximum Gasteiger partial charge on any atom is 0.410 e. The van der Waals surface area contributed by atoms with Gasteiger partial charge in [0.1, 0.15) is 6.61 Å². The molecule has 2 aliphatic rings. The fourth-order valence-corrected chi connectivity index (χ4v) is 4.42. The minimum absolute atomic E-state index is 0.155. The van der Waals surface area contributed by atoms with Crippen molar-refractivity contribution in [1.29, 1.82) is 0 Å². The van der Waals surface area contributed by atoms with Crippen LogP contribution in [0.1, 0.15) is 42.4 Å². The third-order valence-corrected chi connectivity index (χ3v) is 6.06. The number of carbonyl (C=O) groups excluding carboxylic acids is 1. The summed E-state index contributed by atoms with van der Waals surface area (Å²) in [5.41, 5.74) is 3.98. The molecule has 1 amide bonds. The topological polar surface area (TPSA) is 32.8 Å². The van der Waals surface area contributed by atoms with Crippen LogP contribution in [0.5, 0.6) is 0 Å². The molecule has 1 fully saturated rings. The molecule has 0 aliphatic carbocycles. The third-order valence-electron chi connectivity index (χ3n) is 6.06. The molecule has 0 aromatic heterocycles. The predicted molar refractivity (Wildman–Crippen MR) is 111 cm³/mol. The molecule has 0 radical (unpaired) electrons. The first-order chi connectivity index (χ1) is 13.8. The van der Waals surface area contributed by atoms with Crippen molar-refractivity contribution >= 4 is 6.09 Å². The van der Waals surface area contributed by atoms with Crippen molar-refractivity contribution in [1.82, 2.24) is 9.80 Å². The summed E-state index contributed by atoms with van der Waals surface area (Å²) in [6, 6.07) is 19.0. The van der Waals surface area contributed by atoms with Gasteiger partial charge < -0.3 is 9.64 Å². The second-order valence-corrected chi connectivity index (χ2v) is 7.97. The molecule has 1 atom stereocenters. The van der Waals surface area contributed by atoms with Crippen molar-refractivity contribution in [3.05, 3.63) is 71.3 Å². The van der Waals surface area contributed by atoms with Crippen LogP contribution in [0, 0.1) is 0 Å². The molecule has 0 spiro atoms. The van der Waals surface area contributed by atoms with Gasteiger partial charge in [0.05, 0.1) is 0 Å². The standard InChI is InChI=1S/C24H30N2O2/c27-24(28-19-20-8-2-1-3-9-20)26-15-7-6-12-23(26)14-17-25-16-13-21-10-4-5-11-22(21)18-25/h1-5,8-11,23H,6-7,12-19H2. The number of hydrogen-bond acceptors (Lipinski definition) is 3. The Kier molecular flexibility index (Phi) is 6.27. The smallest absolute Gasteiger partial charge is 0.410 e. The molecule has 2 aromatic carbocycles. The summed E-state index contributed by atoms with van der Waals surface area (Å²) in [4.78, 5) is 17.2. The molecule has 28 heavy (non-hydrogen) atoms. The fraction of sp³-hybridized carbons (Fsp3) is 0.458. The summed E-state index contributed by atoms with van der Waals surface area (Å²) in [7, 11) is 0. The highest BCUT2D eigenvalue weighted by atomic mass is 16.6. The van der Waals surface area contributed by atoms with E-state index in [1.54, 1.807) is 0 Å². The number of nitrogens with zero attached hydrogens (tertiary/aromatic N) is 2. The number of hydrogen-bond donors (Lipinski definition) is 0. The van der Waals surface area contributed by atoms with Gasteiger partial charge in [-0.2, -0.15) is 0 Å². The monoisotopic (exact) mass is 378 g/mol. The van der Waals surface area contributed by atoms with Gasteiger partial charge in [-0.1, -0.05) is 54.6 Å². The van der Waals surface area contributed by atoms with Crippen molar-refractivity contribution in [2.45, 2.75) is 51.3 Å². The van der Waals surface area contributed by atoms with E-state index in [4.69, 9.17) is 4.74 Å². The largest absolute Gasteiger partial charge is 0.445 e. The van der Waals surface area contributed by atoms with Crippen LogP contribution in [0.2, 0.25) is 0 Å². The van der Waals surface area contributed by atoms with E-state index < -0.39 is 0 Å². The van der Waals surface area contributed by atoms with Crippen LogP contribution in [-0.4, -0.2) is 41.6 Å². The van der Waals surface area contributed by atoms with E-state index in [9.17, 15) is 4.79 Å². The van der Waals surface area contributed by atoms with E-state index in [2.05, 4.69) is 29.2 Å². The van der Waals surface area contributed by atoms with Crippen molar-refractivity contribution in [3.63, 3.8) is 0 Å². The first kappa shape index (κ1) is 19.0. The minimum Gasteiger partial charge on any atom is -0.445 e. The maximum absolute atomic E-state index is 12.7. The number of carbonyl (C=O) groups is 1. The molecular formula is C24H30N2O2. The summed E-state index contributed by atoms with van der Waals surface area (Å²) in [6.45, 7) is 4.36. The number of benzene rings is 2. The number of fused-ring (bicyclic) bond motifs is 1. The lowest BCUT2D eigenvalue weighted by Gasteiger charge is -2.37. The van der Waals surface area contributed by atoms with Crippen molar-refractivity contribution in [2.75, 3.05) is 19.6 Å². The van der Waals surface area contributed by atoms with Crippen molar-refractivity contribution in [2.24, 2.45) is 0 Å². The molecule has 1 saturated heterocycles. The summed E-state index contributed by atoms with van der Waals surface area (Å²) >= 11 is 0. The Morgan fingerprint density at radius 3 is 2.61 bits per heavy atom. The van der Waals surface area contributed by atoms with E-state index in [1.807, 2.05) is 35.2 Å². The maximum atomic E-state index is 12.7. The summed E-state index contributed by atoms with van der Waals surface area (Å²) in [5, 5.41) is 0. The van der Waals surface area contributed by atoms with Crippen LogP contribution >= 0.6 is 0 Å². The van der Waals surface area contributed by atoms with Crippen LogP contribution in [-0.2, 0) is 24.3 Å². The Morgan fingerprint density at radius 1 is 0.964 bits per heavy atom. The minimum atomic E-state index is -0.155. The molecular weight excluding hydrogens is 348 g/mol. The molecule has 0 saturated carbocycles. The van der Waals surface area contributed by atoms with Gasteiger partial charge in [0, 0.05) is 32.2 Å². The zero-order valence-electron chi connectivity index (χ0n) is 16.6. The lowest BCUT2D eigenvalue weighted by atomic mass is 9.97. The molecule has 2 aromatic rings. The first-order valence-corrected chi connectivity index (χ1v) is 10.6. The summed E-state index contributed by atoms with van der Waals surface area (Å²) in [6.07, 6.45) is 5.37. The highest BCUT2D eigenvalue weighted by Crippen LogP contribution is 2.23. The molecule has 1 unspecified atom stereocenters. The Balaban J connectivity index is 1.29. The van der Waals surface area contributed by atoms with Gasteiger partial charge >= 0.3 is 6.09 Å². The molecule has 4 rings (SSSR count). The van der Waals surface area contributed by atoms with Crippen LogP contribution in [0.3, 0.4) is 0 Å². The number of likely N-dealkylation sites (tertiary alicyclic amines) is 1. The second kappa shape index (κ2) is 9.24. The lowest BCUT2D eigenvalue weighted by Crippen LogP contribution is -2.45. The van der Waals surface area contributed by atoms with Gasteiger partial charge in [-0.3, -0.25) is 4.90 Å². The van der Waals surface area contributed by atoms with E-state index >= 15 is 0 Å². The van der Waals surface area contributed by atoms with Crippen LogP contribution in [0.4, 0.5) is 4.79 Å². The Labute approximate surface area is 168 Å². The zero-order chi connectivity index (χ0) is 19.2. The zero-order valence-corrected chi connectivity index (χ0v) is 16.6. The van der Waals surface area contributed by atoms with Gasteiger partial charge in [-0.05, 0) is 48.8 Å². The van der Waals surface area contributed by atoms with E-state index in [0.29, 0.717) is 12.6 Å². The normalized spacial score (nSPS) is 19.9. The van der Waals surface area contributed by atoms with Crippen LogP contribution in [0.15, 0.2) is 54.6 Å². The summed E-state index contributed by atoms with van der Waals surface area (Å²) in [5.74, 6) is 0. The lowest BCUT2D eigenvalue weighted by molar-refractivity contribution is 0.0623. The van der Waals surface area contributed by atoms with Gasteiger partial charge in [0.25, 0.3) is 0 Å². The Morgan fingerprint density at radius 2 is 1.75 bits per heavy atom. The number of rotatable bonds is 5. The fourth-order valence-electron chi connectivity index (χ4n) is 4.42. The Bertz CT molecular complexity index is 777. The molecule has 2 heterocycles. The van der Waals surface area contributed by atoms with Crippen LogP contribution in [0.25, 0.3) is 0 Å². The average molecular weight is 379 g/mol. The molecule has 4 heteroatoms. The van der Waals surface area contributed by atoms with Gasteiger partial charge in [-0.25, -0.2) is 4.79 Å².